The molecule has 0 unspecified atom stereocenters. The maximum absolute atomic E-state index is 13.8. The number of hydrogen-bond acceptors (Lipinski definition) is 2. The number of ether oxygens (including phenoxy) is 1. The summed E-state index contributed by atoms with van der Waals surface area (Å²) in [5.74, 6) is 2.79. The molecule has 1 rings (SSSR count). The van der Waals surface area contributed by atoms with Crippen LogP contribution in [0, 0.1) is 17.7 Å². The van der Waals surface area contributed by atoms with Gasteiger partial charge in [0.2, 0.25) is 0 Å². The second kappa shape index (κ2) is 13.3. The van der Waals surface area contributed by atoms with Gasteiger partial charge in [-0.1, -0.05) is 70.6 Å². The fourth-order valence-electron chi connectivity index (χ4n) is 2.59. The zero-order valence-corrected chi connectivity index (χ0v) is 15.2. The average Bonchev–Trinajstić information content (AvgIpc) is 2.58. The Morgan fingerprint density at radius 2 is 1.64 bits per heavy atom. The molecule has 0 spiro atoms. The molecular weight excluding hydrogens is 319 g/mol. The first-order valence-corrected chi connectivity index (χ1v) is 9.30. The smallest absolute Gasteiger partial charge is 0.382 e. The fourth-order valence-corrected chi connectivity index (χ4v) is 2.59. The molecule has 0 atom stereocenters. The summed E-state index contributed by atoms with van der Waals surface area (Å²) in [7, 11) is 0. The Balaban J connectivity index is 2.11. The van der Waals surface area contributed by atoms with Crippen LogP contribution in [0.15, 0.2) is 18.2 Å². The van der Waals surface area contributed by atoms with E-state index in [0.717, 1.165) is 12.8 Å². The molecule has 1 aromatic carbocycles. The van der Waals surface area contributed by atoms with E-state index in [4.69, 9.17) is 9.84 Å². The third-order valence-corrected chi connectivity index (χ3v) is 4.01. The van der Waals surface area contributed by atoms with E-state index in [2.05, 4.69) is 12.8 Å². The van der Waals surface area contributed by atoms with Crippen LogP contribution in [0.2, 0.25) is 0 Å². The van der Waals surface area contributed by atoms with Crippen LogP contribution in [0.3, 0.4) is 0 Å². The molecule has 0 aliphatic carbocycles. The molecule has 0 amide bonds. The van der Waals surface area contributed by atoms with Crippen LogP contribution in [0.1, 0.15) is 76.7 Å². The van der Waals surface area contributed by atoms with Crippen LogP contribution in [-0.2, 0) is 4.79 Å². The second-order valence-corrected chi connectivity index (χ2v) is 6.23. The van der Waals surface area contributed by atoms with Gasteiger partial charge in [0.25, 0.3) is 0 Å². The molecule has 0 aliphatic rings. The largest absolute Gasteiger partial charge is 0.493 e. The Morgan fingerprint density at radius 1 is 1.04 bits per heavy atom. The highest BCUT2D eigenvalue weighted by Crippen LogP contribution is 2.17. The lowest BCUT2D eigenvalue weighted by atomic mass is 10.1. The molecule has 25 heavy (non-hydrogen) atoms. The number of benzene rings is 1. The Hall–Kier alpha value is -2.02. The van der Waals surface area contributed by atoms with Crippen molar-refractivity contribution in [3.05, 3.63) is 29.6 Å². The maximum atomic E-state index is 13.8. The molecule has 0 radical (unpaired) electrons. The first-order valence-electron chi connectivity index (χ1n) is 9.30. The van der Waals surface area contributed by atoms with E-state index >= 15 is 0 Å². The molecule has 0 aromatic heterocycles. The van der Waals surface area contributed by atoms with Crippen molar-refractivity contribution in [1.82, 2.24) is 0 Å². The van der Waals surface area contributed by atoms with E-state index in [-0.39, 0.29) is 5.56 Å². The van der Waals surface area contributed by atoms with Crippen molar-refractivity contribution in [3.63, 3.8) is 0 Å². The highest BCUT2D eigenvalue weighted by Gasteiger charge is 2.03. The number of carboxylic acid groups (broad SMARTS) is 1. The summed E-state index contributed by atoms with van der Waals surface area (Å²) in [6.45, 7) is 2.80. The van der Waals surface area contributed by atoms with Gasteiger partial charge in [0, 0.05) is 12.0 Å². The minimum atomic E-state index is -1.28. The van der Waals surface area contributed by atoms with Gasteiger partial charge in [0.1, 0.15) is 11.6 Å². The topological polar surface area (TPSA) is 46.5 Å². The van der Waals surface area contributed by atoms with E-state index in [1.165, 1.54) is 63.5 Å². The second-order valence-electron chi connectivity index (χ2n) is 6.23. The van der Waals surface area contributed by atoms with Crippen molar-refractivity contribution in [2.75, 3.05) is 6.61 Å². The third-order valence-electron chi connectivity index (χ3n) is 4.01. The Morgan fingerprint density at radius 3 is 2.20 bits per heavy atom. The summed E-state index contributed by atoms with van der Waals surface area (Å²) in [5, 5.41) is 8.47. The maximum Gasteiger partial charge on any atom is 0.382 e. The van der Waals surface area contributed by atoms with Gasteiger partial charge in [0.15, 0.2) is 0 Å². The Labute approximate surface area is 150 Å². The van der Waals surface area contributed by atoms with Gasteiger partial charge in [0.05, 0.1) is 12.2 Å². The van der Waals surface area contributed by atoms with E-state index in [1.807, 2.05) is 5.92 Å². The van der Waals surface area contributed by atoms with Crippen LogP contribution in [0.4, 0.5) is 4.39 Å². The summed E-state index contributed by atoms with van der Waals surface area (Å²) in [4.78, 5) is 10.4. The fraction of sp³-hybridized carbons (Fsp3) is 0.571. The van der Waals surface area contributed by atoms with Crippen LogP contribution in [-0.4, -0.2) is 17.7 Å². The van der Waals surface area contributed by atoms with Crippen molar-refractivity contribution < 1.29 is 19.0 Å². The van der Waals surface area contributed by atoms with Crippen molar-refractivity contribution in [2.45, 2.75) is 71.1 Å². The SMILES string of the molecule is CCCCCCCCCCCCOc1ccc(C#CC(=O)O)c(F)c1. The average molecular weight is 348 g/mol. The van der Waals surface area contributed by atoms with Gasteiger partial charge in [-0.15, -0.1) is 0 Å². The lowest BCUT2D eigenvalue weighted by Crippen LogP contribution is -1.98. The summed E-state index contributed by atoms with van der Waals surface area (Å²) in [5.41, 5.74) is 0.0636. The van der Waals surface area contributed by atoms with E-state index in [9.17, 15) is 9.18 Å². The van der Waals surface area contributed by atoms with Crippen LogP contribution in [0.25, 0.3) is 0 Å². The molecule has 4 heteroatoms. The minimum Gasteiger partial charge on any atom is -0.493 e. The van der Waals surface area contributed by atoms with Crippen molar-refractivity contribution in [1.29, 1.82) is 0 Å². The van der Waals surface area contributed by atoms with E-state index in [0.29, 0.717) is 12.4 Å². The number of hydrogen-bond donors (Lipinski definition) is 1. The first kappa shape index (κ1) is 21.0. The van der Waals surface area contributed by atoms with Crippen LogP contribution < -0.4 is 4.74 Å². The van der Waals surface area contributed by atoms with E-state index < -0.39 is 11.8 Å². The summed E-state index contributed by atoms with van der Waals surface area (Å²) in [6, 6.07) is 4.31. The standard InChI is InChI=1S/C21H29FO3/c1-2-3-4-5-6-7-8-9-10-11-16-25-19-14-12-18(20(22)17-19)13-15-21(23)24/h12,14,17H,2-11,16H2,1H3,(H,23,24). The molecule has 0 fully saturated rings. The number of halogens is 1. The number of carboxylic acids is 1. The molecule has 1 aromatic rings. The zero-order valence-electron chi connectivity index (χ0n) is 15.2. The lowest BCUT2D eigenvalue weighted by Gasteiger charge is -2.07. The van der Waals surface area contributed by atoms with E-state index in [1.54, 1.807) is 6.07 Å². The van der Waals surface area contributed by atoms with Gasteiger partial charge in [-0.3, -0.25) is 0 Å². The van der Waals surface area contributed by atoms with Crippen molar-refractivity contribution in [3.8, 4) is 17.6 Å². The van der Waals surface area contributed by atoms with Gasteiger partial charge < -0.3 is 9.84 Å². The molecule has 0 aliphatic heterocycles. The predicted molar refractivity (Wildman–Crippen MR) is 98.3 cm³/mol. The van der Waals surface area contributed by atoms with Crippen LogP contribution >= 0.6 is 0 Å². The van der Waals surface area contributed by atoms with Crippen molar-refractivity contribution >= 4 is 5.97 Å². The Kier molecular flexibility index (Phi) is 11.2. The van der Waals surface area contributed by atoms with Gasteiger partial charge >= 0.3 is 5.97 Å². The molecule has 1 N–H and O–H groups in total. The number of aliphatic carboxylic acids is 1. The lowest BCUT2D eigenvalue weighted by molar-refractivity contribution is -0.130. The molecule has 0 saturated heterocycles. The van der Waals surface area contributed by atoms with Crippen molar-refractivity contribution in [2.24, 2.45) is 0 Å². The summed E-state index contributed by atoms with van der Waals surface area (Å²) < 4.78 is 19.3. The number of carbonyl (C=O) groups is 1. The van der Waals surface area contributed by atoms with Gasteiger partial charge in [-0.25, -0.2) is 9.18 Å². The predicted octanol–water partition coefficient (Wildman–Crippen LogP) is 5.56. The third kappa shape index (κ3) is 10.4. The minimum absolute atomic E-state index is 0.0636. The van der Waals surface area contributed by atoms with Gasteiger partial charge in [-0.05, 0) is 18.6 Å². The van der Waals surface area contributed by atoms with Crippen LogP contribution in [0.5, 0.6) is 5.75 Å². The molecule has 3 nitrogen and oxygen atoms in total. The number of rotatable bonds is 12. The quantitative estimate of drug-likeness (QED) is 0.397. The van der Waals surface area contributed by atoms with Gasteiger partial charge in [-0.2, -0.15) is 0 Å². The normalized spacial score (nSPS) is 10.2. The molecule has 0 bridgehead atoms. The summed E-state index contributed by atoms with van der Waals surface area (Å²) in [6.07, 6.45) is 12.6. The summed E-state index contributed by atoms with van der Waals surface area (Å²) >= 11 is 0. The zero-order chi connectivity index (χ0) is 18.3. The monoisotopic (exact) mass is 348 g/mol. The highest BCUT2D eigenvalue weighted by atomic mass is 19.1. The first-order chi connectivity index (χ1) is 12.1. The molecule has 0 heterocycles. The molecule has 138 valence electrons. The molecular formula is C21H29FO3. The highest BCUT2D eigenvalue weighted by molar-refractivity contribution is 5.87. The number of unbranched alkanes of at least 4 members (excludes halogenated alkanes) is 9. The Bertz CT molecular complexity index is 572. The molecule has 0 saturated carbocycles.